The van der Waals surface area contributed by atoms with Crippen molar-refractivity contribution in [2.75, 3.05) is 96.1 Å². The maximum absolute atomic E-state index is 5.78. The zero-order valence-electron chi connectivity index (χ0n) is 67.8. The van der Waals surface area contributed by atoms with E-state index in [0.717, 1.165) is 182 Å². The molecule has 16 aromatic carbocycles. The second kappa shape index (κ2) is 34.8. The fourth-order valence-electron chi connectivity index (χ4n) is 15.5. The summed E-state index contributed by atoms with van der Waals surface area (Å²) >= 11 is 0. The van der Waals surface area contributed by atoms with Gasteiger partial charge in [0.05, 0.1) is 56.9 Å². The summed E-state index contributed by atoms with van der Waals surface area (Å²) in [5.41, 5.74) is 22.1. The van der Waals surface area contributed by atoms with Gasteiger partial charge in [-0.1, -0.05) is 24.3 Å². The lowest BCUT2D eigenvalue weighted by atomic mass is 10.1. The molecule has 592 valence electrons. The fraction of sp³-hybridized carbons (Fsp3) is 0.0769. The van der Waals surface area contributed by atoms with Crippen LogP contribution in [-0.4, -0.2) is 56.9 Å². The highest BCUT2D eigenvalue weighted by Crippen LogP contribution is 2.50. The minimum atomic E-state index is 0.743. The molecule has 16 nitrogen and oxygen atoms in total. The predicted molar refractivity (Wildman–Crippen MR) is 490 cm³/mol. The molecular formula is C104H88N8O8. The van der Waals surface area contributed by atoms with Crippen LogP contribution in [0.3, 0.4) is 0 Å². The Kier molecular flexibility index (Phi) is 22.3. The number of rotatable bonds is 16. The molecule has 0 saturated carbocycles. The van der Waals surface area contributed by atoms with Crippen molar-refractivity contribution in [3.8, 4) is 46.0 Å². The van der Waals surface area contributed by atoms with E-state index in [1.165, 1.54) is 0 Å². The SMILES string of the molecule is COc1ccc(N2c3ccc(cc3)N(c3ccc(OC)cc3)c3cccc(c3)N(c3ccc(OC)cc3)c3ccc(cc3)N(c3ccc(OC)cc3)c3cccc(c3)N(c3ccc(OC)cc3)c3ccc(cc3)N(c3ccc(OC)cc3)c3cccc(c3)N(c3ccc(OC)cc3)c3ccc(cc3)N(c3ccc(OC)cc3)c3cccc2c3)cc1. The first-order valence-corrected chi connectivity index (χ1v) is 39.4. The van der Waals surface area contributed by atoms with Gasteiger partial charge < -0.3 is 77.1 Å². The van der Waals surface area contributed by atoms with Gasteiger partial charge in [0.25, 0.3) is 0 Å². The van der Waals surface area contributed by atoms with Gasteiger partial charge in [0.15, 0.2) is 0 Å². The molecule has 0 atom stereocenters. The quantitative estimate of drug-likeness (QED) is 0.0917. The molecule has 0 radical (unpaired) electrons. The molecule has 0 aliphatic carbocycles. The molecule has 0 amide bonds. The third-order valence-corrected chi connectivity index (χ3v) is 21.5. The van der Waals surface area contributed by atoms with Crippen LogP contribution >= 0.6 is 0 Å². The standard InChI is InChI=1S/C104H88N8O8/c1-113-97-53-37-81(38-54-97)105-73-21-23-74(24-22-73)107(83-41-57-99(115-3)58-42-83)91-15-10-16-92(70-91)109(85-45-61-101(117-5)62-46-85)77-29-31-78(32-30-77)111(87-49-65-103(119-7)66-50-87)95-19-12-20-96(72-95)112(88-51-67-104(120-8)68-52-88)80-35-33-79(34-36-80)110(86-47-63-102(118-6)64-48-86)94-18-11-17-93(71-94)108(84-43-59-100(116-4)60-44-84)76-27-25-75(26-28-76)106(90-14-9-13-89(105)69-90)82-39-55-98(114-2)56-40-82/h9-72H,1-8H3. The van der Waals surface area contributed by atoms with Gasteiger partial charge in [0, 0.05) is 136 Å². The molecule has 7 aliphatic heterocycles. The number of ether oxygens (including phenoxy) is 8. The zero-order valence-corrected chi connectivity index (χ0v) is 67.8. The van der Waals surface area contributed by atoms with Gasteiger partial charge in [-0.3, -0.25) is 0 Å². The van der Waals surface area contributed by atoms with Crippen LogP contribution in [0.2, 0.25) is 0 Å². The highest BCUT2D eigenvalue weighted by Gasteiger charge is 2.26. The maximum Gasteiger partial charge on any atom is 0.119 e. The van der Waals surface area contributed by atoms with Crippen molar-refractivity contribution in [1.82, 2.24) is 0 Å². The van der Waals surface area contributed by atoms with Crippen LogP contribution in [0.5, 0.6) is 46.0 Å². The van der Waals surface area contributed by atoms with E-state index in [2.05, 4.69) is 330 Å². The molecule has 23 rings (SSSR count). The van der Waals surface area contributed by atoms with E-state index in [4.69, 9.17) is 37.9 Å². The molecule has 0 aromatic heterocycles. The van der Waals surface area contributed by atoms with E-state index in [1.54, 1.807) is 56.9 Å². The Balaban J connectivity index is 0.874. The zero-order chi connectivity index (χ0) is 82.0. The predicted octanol–water partition coefficient (Wildman–Crippen LogP) is 27.8. The first-order valence-electron chi connectivity index (χ1n) is 39.4. The average molecular weight is 1580 g/mol. The van der Waals surface area contributed by atoms with Gasteiger partial charge >= 0.3 is 0 Å². The van der Waals surface area contributed by atoms with E-state index in [-0.39, 0.29) is 0 Å². The molecule has 0 unspecified atom stereocenters. The van der Waals surface area contributed by atoms with E-state index in [9.17, 15) is 0 Å². The summed E-state index contributed by atoms with van der Waals surface area (Å²) in [7, 11) is 13.5. The maximum atomic E-state index is 5.78. The molecule has 0 fully saturated rings. The molecule has 0 saturated heterocycles. The van der Waals surface area contributed by atoms with Crippen molar-refractivity contribution in [2.45, 2.75) is 0 Å². The van der Waals surface area contributed by atoms with Gasteiger partial charge in [-0.05, 0) is 364 Å². The van der Waals surface area contributed by atoms with Crippen LogP contribution in [0, 0.1) is 0 Å². The second-order valence-corrected chi connectivity index (χ2v) is 28.4. The largest absolute Gasteiger partial charge is 0.497 e. The Morgan fingerprint density at radius 1 is 0.108 bits per heavy atom. The summed E-state index contributed by atoms with van der Waals surface area (Å²) in [6.07, 6.45) is 0. The Bertz CT molecular complexity index is 5010. The van der Waals surface area contributed by atoms with E-state index in [1.807, 2.05) is 97.1 Å². The summed E-state index contributed by atoms with van der Waals surface area (Å²) in [5.74, 6) is 5.95. The Labute approximate surface area is 700 Å². The third kappa shape index (κ3) is 16.0. The first-order chi connectivity index (χ1) is 59.1. The second-order valence-electron chi connectivity index (χ2n) is 28.4. The number of anilines is 24. The minimum Gasteiger partial charge on any atom is -0.497 e. The topological polar surface area (TPSA) is 99.8 Å². The van der Waals surface area contributed by atoms with Crippen molar-refractivity contribution in [2.24, 2.45) is 0 Å². The van der Waals surface area contributed by atoms with E-state index >= 15 is 0 Å². The fourth-order valence-corrected chi connectivity index (χ4v) is 15.5. The molecule has 0 spiro atoms. The number of hydrogen-bond donors (Lipinski definition) is 0. The number of benzene rings is 16. The summed E-state index contributed by atoms with van der Waals surface area (Å²) in [6.45, 7) is 0. The summed E-state index contributed by atoms with van der Waals surface area (Å²) in [6, 6.07) is 135. The van der Waals surface area contributed by atoms with E-state index in [0.29, 0.717) is 0 Å². The van der Waals surface area contributed by atoms with Gasteiger partial charge in [-0.2, -0.15) is 0 Å². The van der Waals surface area contributed by atoms with E-state index < -0.39 is 0 Å². The molecule has 16 heteroatoms. The van der Waals surface area contributed by atoms with Crippen LogP contribution in [0.4, 0.5) is 136 Å². The van der Waals surface area contributed by atoms with Crippen LogP contribution in [0.1, 0.15) is 0 Å². The summed E-state index contributed by atoms with van der Waals surface area (Å²) < 4.78 is 46.2. The van der Waals surface area contributed by atoms with Crippen molar-refractivity contribution >= 4 is 136 Å². The molecule has 16 aromatic rings. The lowest BCUT2D eigenvalue weighted by molar-refractivity contribution is 0.414. The molecule has 120 heavy (non-hydrogen) atoms. The molecule has 0 N–H and O–H groups in total. The molecule has 7 heterocycles. The smallest absolute Gasteiger partial charge is 0.119 e. The Morgan fingerprint density at radius 2 is 0.192 bits per heavy atom. The van der Waals surface area contributed by atoms with Crippen LogP contribution in [-0.2, 0) is 0 Å². The highest BCUT2D eigenvalue weighted by atomic mass is 16.5. The Morgan fingerprint density at radius 3 is 0.275 bits per heavy atom. The first kappa shape index (κ1) is 76.9. The minimum absolute atomic E-state index is 0.743. The molecule has 7 aliphatic rings. The monoisotopic (exact) mass is 1580 g/mol. The normalized spacial score (nSPS) is 12.2. The number of hydrogen-bond acceptors (Lipinski definition) is 16. The molecule has 16 bridgehead atoms. The van der Waals surface area contributed by atoms with Crippen molar-refractivity contribution < 1.29 is 37.9 Å². The van der Waals surface area contributed by atoms with Gasteiger partial charge in [0.1, 0.15) is 46.0 Å². The Hall–Kier alpha value is -15.7. The third-order valence-electron chi connectivity index (χ3n) is 21.5. The lowest BCUT2D eigenvalue weighted by Gasteiger charge is -2.32. The molecular weight excluding hydrogens is 1490 g/mol. The van der Waals surface area contributed by atoms with Gasteiger partial charge in [-0.15, -0.1) is 0 Å². The average Bonchev–Trinajstić information content (AvgIpc) is 0.774. The van der Waals surface area contributed by atoms with Crippen molar-refractivity contribution in [3.63, 3.8) is 0 Å². The van der Waals surface area contributed by atoms with Crippen molar-refractivity contribution in [3.05, 3.63) is 388 Å². The van der Waals surface area contributed by atoms with Crippen molar-refractivity contribution in [1.29, 1.82) is 0 Å². The van der Waals surface area contributed by atoms with Crippen LogP contribution in [0.25, 0.3) is 0 Å². The summed E-state index contributed by atoms with van der Waals surface area (Å²) in [4.78, 5) is 18.3. The number of nitrogens with zero attached hydrogens (tertiary/aromatic N) is 8. The van der Waals surface area contributed by atoms with Crippen LogP contribution < -0.4 is 77.1 Å². The highest BCUT2D eigenvalue weighted by molar-refractivity contribution is 5.92. The number of methoxy groups -OCH3 is 8. The lowest BCUT2D eigenvalue weighted by Crippen LogP contribution is -2.15. The summed E-state index contributed by atoms with van der Waals surface area (Å²) in [5, 5.41) is 0. The van der Waals surface area contributed by atoms with Crippen LogP contribution in [0.15, 0.2) is 388 Å². The van der Waals surface area contributed by atoms with Gasteiger partial charge in [0.2, 0.25) is 0 Å². The van der Waals surface area contributed by atoms with Gasteiger partial charge in [-0.25, -0.2) is 0 Å².